The molecule has 0 bridgehead atoms. The molecule has 32 heavy (non-hydrogen) atoms. The molecule has 0 aliphatic carbocycles. The summed E-state index contributed by atoms with van der Waals surface area (Å²) in [4.78, 5) is 21.9. The van der Waals surface area contributed by atoms with Crippen molar-refractivity contribution >= 4 is 34.3 Å². The van der Waals surface area contributed by atoms with Crippen LogP contribution >= 0.6 is 0 Å². The van der Waals surface area contributed by atoms with Crippen LogP contribution in [0.25, 0.3) is 22.7 Å². The lowest BCUT2D eigenvalue weighted by molar-refractivity contribution is -0.120. The van der Waals surface area contributed by atoms with Gasteiger partial charge in [-0.05, 0) is 55.0 Å². The second-order valence-electron chi connectivity index (χ2n) is 7.10. The van der Waals surface area contributed by atoms with E-state index in [1.165, 1.54) is 0 Å². The standard InChI is InChI=1S/C26H22N4O2/c1-2-30(21-8-4-3-5-9-21)25(31)18-32-22-14-12-19(13-15-22)16-20(17-27)26-28-23-10-6-7-11-24(23)29-26/h3-16H,2,18H2,1H3,(H,28,29)/b20-16+. The predicted octanol–water partition coefficient (Wildman–Crippen LogP) is 5.06. The van der Waals surface area contributed by atoms with Gasteiger partial charge in [0.05, 0.1) is 16.6 Å². The number of para-hydroxylation sites is 3. The first-order chi connectivity index (χ1) is 15.7. The normalized spacial score (nSPS) is 11.2. The van der Waals surface area contributed by atoms with Crippen LogP contribution in [0.4, 0.5) is 5.69 Å². The van der Waals surface area contributed by atoms with Gasteiger partial charge in [-0.2, -0.15) is 5.26 Å². The Balaban J connectivity index is 1.43. The number of imidazole rings is 1. The topological polar surface area (TPSA) is 82.0 Å². The second-order valence-corrected chi connectivity index (χ2v) is 7.10. The van der Waals surface area contributed by atoms with Gasteiger partial charge in [0.15, 0.2) is 6.61 Å². The van der Waals surface area contributed by atoms with E-state index >= 15 is 0 Å². The lowest BCUT2D eigenvalue weighted by Gasteiger charge is -2.21. The summed E-state index contributed by atoms with van der Waals surface area (Å²) in [6, 6.07) is 26.6. The highest BCUT2D eigenvalue weighted by Crippen LogP contribution is 2.21. The maximum atomic E-state index is 12.6. The highest BCUT2D eigenvalue weighted by Gasteiger charge is 2.14. The van der Waals surface area contributed by atoms with Crippen LogP contribution in [0.1, 0.15) is 18.3 Å². The summed E-state index contributed by atoms with van der Waals surface area (Å²) in [5, 5.41) is 9.59. The Kier molecular flexibility index (Phi) is 6.28. The average Bonchev–Trinajstić information content (AvgIpc) is 3.27. The van der Waals surface area contributed by atoms with Gasteiger partial charge in [-0.3, -0.25) is 4.79 Å². The molecule has 6 nitrogen and oxygen atoms in total. The number of carbonyl (C=O) groups excluding carboxylic acids is 1. The summed E-state index contributed by atoms with van der Waals surface area (Å²) >= 11 is 0. The Morgan fingerprint density at radius 3 is 2.47 bits per heavy atom. The first-order valence-electron chi connectivity index (χ1n) is 10.3. The predicted molar refractivity (Wildman–Crippen MR) is 126 cm³/mol. The molecule has 1 amide bonds. The molecule has 0 aliphatic rings. The van der Waals surface area contributed by atoms with Crippen LogP contribution in [0.5, 0.6) is 5.75 Å². The summed E-state index contributed by atoms with van der Waals surface area (Å²) < 4.78 is 5.69. The van der Waals surface area contributed by atoms with Crippen molar-refractivity contribution in [2.24, 2.45) is 0 Å². The smallest absolute Gasteiger partial charge is 0.264 e. The summed E-state index contributed by atoms with van der Waals surface area (Å²) in [5.41, 5.74) is 3.81. The number of hydrogen-bond donors (Lipinski definition) is 1. The van der Waals surface area contributed by atoms with Crippen LogP contribution in [0.3, 0.4) is 0 Å². The van der Waals surface area contributed by atoms with Crippen LogP contribution in [0, 0.1) is 11.3 Å². The number of carbonyl (C=O) groups is 1. The van der Waals surface area contributed by atoms with E-state index < -0.39 is 0 Å². The number of nitrogens with zero attached hydrogens (tertiary/aromatic N) is 3. The molecule has 4 aromatic rings. The number of fused-ring (bicyclic) bond motifs is 1. The number of rotatable bonds is 7. The molecule has 4 rings (SSSR count). The number of H-pyrrole nitrogens is 1. The molecule has 1 N–H and O–H groups in total. The Hall–Kier alpha value is -4.37. The highest BCUT2D eigenvalue weighted by atomic mass is 16.5. The maximum Gasteiger partial charge on any atom is 0.264 e. The van der Waals surface area contributed by atoms with E-state index in [2.05, 4.69) is 16.0 Å². The van der Waals surface area contributed by atoms with Crippen molar-refractivity contribution in [3.63, 3.8) is 0 Å². The van der Waals surface area contributed by atoms with Crippen LogP contribution in [-0.4, -0.2) is 29.0 Å². The number of aromatic nitrogens is 2. The third-order valence-corrected chi connectivity index (χ3v) is 5.00. The molecule has 0 fully saturated rings. The number of allylic oxidation sites excluding steroid dienone is 1. The molecule has 1 aromatic heterocycles. The van der Waals surface area contributed by atoms with Crippen molar-refractivity contribution in [3.8, 4) is 11.8 Å². The summed E-state index contributed by atoms with van der Waals surface area (Å²) in [6.07, 6.45) is 1.76. The molecule has 3 aromatic carbocycles. The number of amides is 1. The molecule has 0 unspecified atom stereocenters. The molecule has 0 radical (unpaired) electrons. The van der Waals surface area contributed by atoms with E-state index in [1.54, 1.807) is 23.1 Å². The highest BCUT2D eigenvalue weighted by molar-refractivity contribution is 5.94. The van der Waals surface area contributed by atoms with Crippen molar-refractivity contribution < 1.29 is 9.53 Å². The number of nitrogens with one attached hydrogen (secondary N) is 1. The summed E-state index contributed by atoms with van der Waals surface area (Å²) in [6.45, 7) is 2.44. The Morgan fingerprint density at radius 2 is 1.78 bits per heavy atom. The minimum atomic E-state index is -0.112. The quantitative estimate of drug-likeness (QED) is 0.422. The number of anilines is 1. The number of benzene rings is 3. The summed E-state index contributed by atoms with van der Waals surface area (Å²) in [5.74, 6) is 1.00. The monoisotopic (exact) mass is 422 g/mol. The number of ether oxygens (including phenoxy) is 1. The number of likely N-dealkylation sites (N-methyl/N-ethyl adjacent to an activating group) is 1. The van der Waals surface area contributed by atoms with Gasteiger partial charge in [-0.1, -0.05) is 42.5 Å². The van der Waals surface area contributed by atoms with Crippen LogP contribution in [0.15, 0.2) is 78.9 Å². The molecule has 0 saturated heterocycles. The van der Waals surface area contributed by atoms with E-state index in [0.717, 1.165) is 22.3 Å². The first-order valence-corrected chi connectivity index (χ1v) is 10.3. The number of aromatic amines is 1. The third kappa shape index (κ3) is 4.68. The van der Waals surface area contributed by atoms with Crippen LogP contribution in [-0.2, 0) is 4.79 Å². The van der Waals surface area contributed by atoms with E-state index in [1.807, 2.05) is 73.7 Å². The zero-order valence-electron chi connectivity index (χ0n) is 17.7. The van der Waals surface area contributed by atoms with Crippen molar-refractivity contribution in [1.29, 1.82) is 5.26 Å². The zero-order chi connectivity index (χ0) is 22.3. The zero-order valence-corrected chi connectivity index (χ0v) is 17.7. The fraction of sp³-hybridized carbons (Fsp3) is 0.115. The molecular weight excluding hydrogens is 400 g/mol. The number of hydrogen-bond acceptors (Lipinski definition) is 4. The average molecular weight is 422 g/mol. The lowest BCUT2D eigenvalue weighted by Crippen LogP contribution is -2.34. The van der Waals surface area contributed by atoms with Crippen molar-refractivity contribution in [2.45, 2.75) is 6.92 Å². The van der Waals surface area contributed by atoms with Gasteiger partial charge in [-0.15, -0.1) is 0 Å². The van der Waals surface area contributed by atoms with Crippen LogP contribution < -0.4 is 9.64 Å². The molecule has 0 saturated carbocycles. The van der Waals surface area contributed by atoms with E-state index in [-0.39, 0.29) is 12.5 Å². The van der Waals surface area contributed by atoms with Crippen molar-refractivity contribution in [2.75, 3.05) is 18.1 Å². The molecule has 0 spiro atoms. The van der Waals surface area contributed by atoms with Crippen molar-refractivity contribution in [1.82, 2.24) is 9.97 Å². The second kappa shape index (κ2) is 9.63. The van der Waals surface area contributed by atoms with Gasteiger partial charge in [0.1, 0.15) is 17.6 Å². The van der Waals surface area contributed by atoms with Gasteiger partial charge in [0.25, 0.3) is 5.91 Å². The van der Waals surface area contributed by atoms with E-state index in [0.29, 0.717) is 23.7 Å². The molecular formula is C26H22N4O2. The SMILES string of the molecule is CCN(C(=O)COc1ccc(/C=C(\C#N)c2nc3ccccc3[nH]2)cc1)c1ccccc1. The molecule has 1 heterocycles. The Morgan fingerprint density at radius 1 is 1.06 bits per heavy atom. The number of nitriles is 1. The lowest BCUT2D eigenvalue weighted by atomic mass is 10.1. The van der Waals surface area contributed by atoms with Gasteiger partial charge >= 0.3 is 0 Å². The fourth-order valence-corrected chi connectivity index (χ4v) is 3.39. The third-order valence-electron chi connectivity index (χ3n) is 5.00. The molecule has 158 valence electrons. The maximum absolute atomic E-state index is 12.6. The summed E-state index contributed by atoms with van der Waals surface area (Å²) in [7, 11) is 0. The molecule has 6 heteroatoms. The van der Waals surface area contributed by atoms with E-state index in [4.69, 9.17) is 4.74 Å². The minimum absolute atomic E-state index is 0.0552. The van der Waals surface area contributed by atoms with Gasteiger partial charge < -0.3 is 14.6 Å². The van der Waals surface area contributed by atoms with Crippen molar-refractivity contribution in [3.05, 3.63) is 90.3 Å². The molecule has 0 aliphatic heterocycles. The van der Waals surface area contributed by atoms with Gasteiger partial charge in [0.2, 0.25) is 0 Å². The van der Waals surface area contributed by atoms with Gasteiger partial charge in [0, 0.05) is 12.2 Å². The molecule has 0 atom stereocenters. The fourth-order valence-electron chi connectivity index (χ4n) is 3.39. The Labute approximate surface area is 186 Å². The Bertz CT molecular complexity index is 1250. The largest absolute Gasteiger partial charge is 0.484 e. The van der Waals surface area contributed by atoms with E-state index in [9.17, 15) is 10.1 Å². The van der Waals surface area contributed by atoms with Crippen LogP contribution in [0.2, 0.25) is 0 Å². The minimum Gasteiger partial charge on any atom is -0.484 e. The van der Waals surface area contributed by atoms with Gasteiger partial charge in [-0.25, -0.2) is 4.98 Å². The first kappa shape index (κ1) is 20.9.